The molecule has 2 aromatic rings. The molecular weight excluding hydrogens is 266 g/mol. The lowest BCUT2D eigenvalue weighted by molar-refractivity contribution is 0.135. The Balaban J connectivity index is 1.98. The van der Waals surface area contributed by atoms with E-state index in [1.54, 1.807) is 18.3 Å². The third-order valence-corrected chi connectivity index (χ3v) is 3.32. The SMILES string of the molecule is CC1(C)Cc2cccc(Oc3ncccc3C(=N)N)c2O1. The van der Waals surface area contributed by atoms with Crippen LogP contribution < -0.4 is 15.2 Å². The summed E-state index contributed by atoms with van der Waals surface area (Å²) in [6.07, 6.45) is 2.44. The molecule has 108 valence electrons. The number of para-hydroxylation sites is 1. The highest BCUT2D eigenvalue weighted by atomic mass is 16.5. The number of fused-ring (bicyclic) bond motifs is 1. The maximum atomic E-state index is 7.58. The maximum absolute atomic E-state index is 7.58. The van der Waals surface area contributed by atoms with E-state index >= 15 is 0 Å². The number of hydrogen-bond donors (Lipinski definition) is 2. The average molecular weight is 283 g/mol. The molecule has 21 heavy (non-hydrogen) atoms. The number of pyridine rings is 1. The third-order valence-electron chi connectivity index (χ3n) is 3.32. The summed E-state index contributed by atoms with van der Waals surface area (Å²) in [5, 5.41) is 7.58. The van der Waals surface area contributed by atoms with Gasteiger partial charge in [0, 0.05) is 18.2 Å². The van der Waals surface area contributed by atoms with Crippen LogP contribution >= 0.6 is 0 Å². The number of amidine groups is 1. The fourth-order valence-electron chi connectivity index (χ4n) is 2.45. The second-order valence-corrected chi connectivity index (χ2v) is 5.65. The van der Waals surface area contributed by atoms with E-state index in [4.69, 9.17) is 20.6 Å². The van der Waals surface area contributed by atoms with Crippen LogP contribution in [0.2, 0.25) is 0 Å². The van der Waals surface area contributed by atoms with E-state index in [1.165, 1.54) is 0 Å². The van der Waals surface area contributed by atoms with Gasteiger partial charge in [0.25, 0.3) is 0 Å². The van der Waals surface area contributed by atoms with Crippen molar-refractivity contribution in [1.29, 1.82) is 5.41 Å². The van der Waals surface area contributed by atoms with E-state index in [-0.39, 0.29) is 11.4 Å². The van der Waals surface area contributed by atoms with Crippen LogP contribution in [0.3, 0.4) is 0 Å². The van der Waals surface area contributed by atoms with Crippen molar-refractivity contribution in [2.24, 2.45) is 5.73 Å². The van der Waals surface area contributed by atoms with Crippen LogP contribution in [0.25, 0.3) is 0 Å². The Morgan fingerprint density at radius 2 is 2.14 bits per heavy atom. The topological polar surface area (TPSA) is 81.2 Å². The summed E-state index contributed by atoms with van der Waals surface area (Å²) in [6, 6.07) is 9.21. The second-order valence-electron chi connectivity index (χ2n) is 5.65. The summed E-state index contributed by atoms with van der Waals surface area (Å²) in [6.45, 7) is 4.08. The standard InChI is InChI=1S/C16H17N3O2/c1-16(2)9-10-5-3-7-12(13(10)21-16)20-15-11(14(17)18)6-4-8-19-15/h3-8H,9H2,1-2H3,(H3,17,18). The first kappa shape index (κ1) is 13.4. The lowest BCUT2D eigenvalue weighted by Crippen LogP contribution is -2.24. The van der Waals surface area contributed by atoms with Gasteiger partial charge in [0.05, 0.1) is 5.56 Å². The maximum Gasteiger partial charge on any atom is 0.230 e. The summed E-state index contributed by atoms with van der Waals surface area (Å²) in [4.78, 5) is 4.16. The first-order chi connectivity index (χ1) is 9.96. The highest BCUT2D eigenvalue weighted by Crippen LogP contribution is 2.43. The smallest absolute Gasteiger partial charge is 0.230 e. The van der Waals surface area contributed by atoms with Crippen LogP contribution in [-0.4, -0.2) is 16.4 Å². The van der Waals surface area contributed by atoms with Crippen LogP contribution in [0.4, 0.5) is 0 Å². The molecule has 0 amide bonds. The number of benzene rings is 1. The molecule has 0 saturated heterocycles. The van der Waals surface area contributed by atoms with Crippen molar-refractivity contribution in [3.63, 3.8) is 0 Å². The molecule has 0 spiro atoms. The van der Waals surface area contributed by atoms with Crippen LogP contribution in [0.15, 0.2) is 36.5 Å². The van der Waals surface area contributed by atoms with Crippen molar-refractivity contribution in [2.45, 2.75) is 25.9 Å². The molecule has 0 aliphatic carbocycles. The van der Waals surface area contributed by atoms with Gasteiger partial charge in [-0.15, -0.1) is 0 Å². The minimum Gasteiger partial charge on any atom is -0.483 e. The number of rotatable bonds is 3. The van der Waals surface area contributed by atoms with Crippen LogP contribution in [0.1, 0.15) is 25.0 Å². The molecular formula is C16H17N3O2. The number of ether oxygens (including phenoxy) is 2. The lowest BCUT2D eigenvalue weighted by Gasteiger charge is -2.18. The fraction of sp³-hybridized carbons (Fsp3) is 0.250. The van der Waals surface area contributed by atoms with E-state index in [9.17, 15) is 0 Å². The molecule has 0 bridgehead atoms. The Bertz CT molecular complexity index is 710. The van der Waals surface area contributed by atoms with Crippen molar-refractivity contribution in [3.05, 3.63) is 47.7 Å². The number of nitrogens with one attached hydrogen (secondary N) is 1. The Hall–Kier alpha value is -2.56. The van der Waals surface area contributed by atoms with Gasteiger partial charge in [-0.2, -0.15) is 0 Å². The predicted octanol–water partition coefficient (Wildman–Crippen LogP) is 2.87. The monoisotopic (exact) mass is 283 g/mol. The molecule has 3 rings (SSSR count). The first-order valence-corrected chi connectivity index (χ1v) is 6.74. The van der Waals surface area contributed by atoms with Gasteiger partial charge in [-0.1, -0.05) is 12.1 Å². The van der Waals surface area contributed by atoms with Crippen molar-refractivity contribution >= 4 is 5.84 Å². The number of aromatic nitrogens is 1. The molecule has 2 heterocycles. The molecule has 0 unspecified atom stereocenters. The molecule has 0 saturated carbocycles. The molecule has 0 atom stereocenters. The normalized spacial score (nSPS) is 15.1. The molecule has 1 aromatic heterocycles. The highest BCUT2D eigenvalue weighted by Gasteiger charge is 2.32. The van der Waals surface area contributed by atoms with Crippen LogP contribution in [-0.2, 0) is 6.42 Å². The fourth-order valence-corrected chi connectivity index (χ4v) is 2.45. The number of nitrogens with zero attached hydrogens (tertiary/aromatic N) is 1. The van der Waals surface area contributed by atoms with Gasteiger partial charge in [0.2, 0.25) is 5.88 Å². The summed E-state index contributed by atoms with van der Waals surface area (Å²) in [5.74, 6) is 1.57. The van der Waals surface area contributed by atoms with E-state index in [0.717, 1.165) is 17.7 Å². The van der Waals surface area contributed by atoms with Crippen molar-refractivity contribution in [2.75, 3.05) is 0 Å². The third kappa shape index (κ3) is 2.54. The molecule has 0 radical (unpaired) electrons. The van der Waals surface area contributed by atoms with E-state index in [0.29, 0.717) is 17.2 Å². The van der Waals surface area contributed by atoms with Gasteiger partial charge in [0.15, 0.2) is 11.5 Å². The summed E-state index contributed by atoms with van der Waals surface area (Å²) in [5.41, 5.74) is 6.89. The minimum absolute atomic E-state index is 0.0769. The number of nitrogen functional groups attached to an aromatic ring is 1. The molecule has 5 nitrogen and oxygen atoms in total. The van der Waals surface area contributed by atoms with Gasteiger partial charge < -0.3 is 15.2 Å². The zero-order valence-electron chi connectivity index (χ0n) is 12.0. The van der Waals surface area contributed by atoms with Gasteiger partial charge >= 0.3 is 0 Å². The summed E-state index contributed by atoms with van der Waals surface area (Å²) < 4.78 is 11.8. The molecule has 0 fully saturated rings. The Morgan fingerprint density at radius 1 is 1.33 bits per heavy atom. The largest absolute Gasteiger partial charge is 0.483 e. The zero-order chi connectivity index (χ0) is 15.0. The number of nitrogens with two attached hydrogens (primary N) is 1. The summed E-state index contributed by atoms with van der Waals surface area (Å²) >= 11 is 0. The lowest BCUT2D eigenvalue weighted by atomic mass is 10.0. The van der Waals surface area contributed by atoms with Crippen LogP contribution in [0.5, 0.6) is 17.4 Å². The first-order valence-electron chi connectivity index (χ1n) is 6.74. The highest BCUT2D eigenvalue weighted by molar-refractivity contribution is 5.97. The van der Waals surface area contributed by atoms with Crippen molar-refractivity contribution in [3.8, 4) is 17.4 Å². The van der Waals surface area contributed by atoms with Gasteiger partial charge in [0.1, 0.15) is 11.4 Å². The summed E-state index contributed by atoms with van der Waals surface area (Å²) in [7, 11) is 0. The van der Waals surface area contributed by atoms with Gasteiger partial charge in [-0.3, -0.25) is 5.41 Å². The van der Waals surface area contributed by atoms with Crippen molar-refractivity contribution < 1.29 is 9.47 Å². The minimum atomic E-state index is -0.241. The number of hydrogen-bond acceptors (Lipinski definition) is 4. The Morgan fingerprint density at radius 3 is 2.90 bits per heavy atom. The predicted molar refractivity (Wildman–Crippen MR) is 80.2 cm³/mol. The van der Waals surface area contributed by atoms with E-state index in [1.807, 2.05) is 32.0 Å². The van der Waals surface area contributed by atoms with E-state index in [2.05, 4.69) is 4.98 Å². The van der Waals surface area contributed by atoms with Gasteiger partial charge in [-0.25, -0.2) is 4.98 Å². The van der Waals surface area contributed by atoms with E-state index < -0.39 is 0 Å². The molecule has 1 aromatic carbocycles. The Labute approximate surface area is 123 Å². The van der Waals surface area contributed by atoms with Gasteiger partial charge in [-0.05, 0) is 32.0 Å². The second kappa shape index (κ2) is 4.77. The van der Waals surface area contributed by atoms with Crippen molar-refractivity contribution in [1.82, 2.24) is 4.98 Å². The molecule has 1 aliphatic heterocycles. The molecule has 1 aliphatic rings. The average Bonchev–Trinajstić information content (AvgIpc) is 2.74. The van der Waals surface area contributed by atoms with Crippen LogP contribution in [0, 0.1) is 5.41 Å². The molecule has 5 heteroatoms. The molecule has 3 N–H and O–H groups in total. The zero-order valence-corrected chi connectivity index (χ0v) is 12.0. The Kier molecular flexibility index (Phi) is 3.05. The quantitative estimate of drug-likeness (QED) is 0.670.